The van der Waals surface area contributed by atoms with Crippen LogP contribution in [0.5, 0.6) is 0 Å². The van der Waals surface area contributed by atoms with E-state index in [9.17, 15) is 0 Å². The molecule has 0 aliphatic carbocycles. The molecule has 0 saturated carbocycles. The molecule has 0 fully saturated rings. The lowest BCUT2D eigenvalue weighted by Gasteiger charge is -2.37. The minimum atomic E-state index is 0.284. The van der Waals surface area contributed by atoms with Gasteiger partial charge in [-0.05, 0) is 38.3 Å². The second kappa shape index (κ2) is 6.49. The third kappa shape index (κ3) is 4.98. The summed E-state index contributed by atoms with van der Waals surface area (Å²) in [5, 5.41) is 0. The van der Waals surface area contributed by atoms with E-state index in [2.05, 4.69) is 46.6 Å². The Morgan fingerprint density at radius 1 is 1.27 bits per heavy atom. The maximum atomic E-state index is 5.89. The molecule has 0 aliphatic rings. The molecule has 0 bridgehead atoms. The highest BCUT2D eigenvalue weighted by Gasteiger charge is 2.25. The molecule has 0 spiro atoms. The van der Waals surface area contributed by atoms with Crippen molar-refractivity contribution in [1.29, 1.82) is 0 Å². The van der Waals surface area contributed by atoms with E-state index in [0.717, 1.165) is 13.1 Å². The molecule has 0 saturated heterocycles. The number of rotatable bonds is 7. The maximum Gasteiger partial charge on any atom is 0.00871 e. The summed E-state index contributed by atoms with van der Waals surface area (Å²) in [5.74, 6) is 0.707. The Morgan fingerprint density at radius 3 is 2.13 bits per heavy atom. The molecule has 92 valence electrons. The van der Waals surface area contributed by atoms with Gasteiger partial charge in [0.1, 0.15) is 0 Å². The smallest absolute Gasteiger partial charge is 0.00871 e. The molecule has 0 aromatic rings. The molecule has 0 amide bonds. The zero-order valence-electron chi connectivity index (χ0n) is 11.5. The number of hydrogen-bond acceptors (Lipinski definition) is 2. The molecular weight excluding hydrogens is 184 g/mol. The van der Waals surface area contributed by atoms with Crippen LogP contribution in [0.1, 0.15) is 47.5 Å². The third-order valence-electron chi connectivity index (χ3n) is 3.64. The molecule has 0 aliphatic heterocycles. The van der Waals surface area contributed by atoms with E-state index >= 15 is 0 Å². The fourth-order valence-corrected chi connectivity index (χ4v) is 2.10. The Bertz CT molecular complexity index is 168. The normalized spacial score (nSPS) is 18.2. The fourth-order valence-electron chi connectivity index (χ4n) is 2.10. The molecule has 0 heterocycles. The summed E-state index contributed by atoms with van der Waals surface area (Å²) in [7, 11) is 2.22. The third-order valence-corrected chi connectivity index (χ3v) is 3.64. The fraction of sp³-hybridized carbons (Fsp3) is 1.00. The molecule has 2 atom stereocenters. The van der Waals surface area contributed by atoms with Crippen LogP contribution in [0, 0.1) is 11.3 Å². The minimum Gasteiger partial charge on any atom is -0.330 e. The number of nitrogens with two attached hydrogens (primary N) is 1. The summed E-state index contributed by atoms with van der Waals surface area (Å²) in [6.07, 6.45) is 2.44. The van der Waals surface area contributed by atoms with E-state index < -0.39 is 0 Å². The van der Waals surface area contributed by atoms with Crippen LogP contribution in [0.25, 0.3) is 0 Å². The topological polar surface area (TPSA) is 29.3 Å². The second-order valence-corrected chi connectivity index (χ2v) is 5.66. The zero-order valence-corrected chi connectivity index (χ0v) is 11.5. The Morgan fingerprint density at radius 2 is 1.80 bits per heavy atom. The van der Waals surface area contributed by atoms with Gasteiger partial charge in [-0.15, -0.1) is 0 Å². The lowest BCUT2D eigenvalue weighted by atomic mass is 9.84. The van der Waals surface area contributed by atoms with Crippen LogP contribution < -0.4 is 5.73 Å². The van der Waals surface area contributed by atoms with Gasteiger partial charge in [0.25, 0.3) is 0 Å². The van der Waals surface area contributed by atoms with E-state index in [1.165, 1.54) is 12.8 Å². The standard InChI is InChI=1S/C13H30N2/c1-7-8-13(5,9-14)10-15(6)12(4)11(2)3/h11-12H,7-10,14H2,1-6H3. The van der Waals surface area contributed by atoms with Gasteiger partial charge in [-0.2, -0.15) is 0 Å². The lowest BCUT2D eigenvalue weighted by Crippen LogP contribution is -2.44. The van der Waals surface area contributed by atoms with Crippen molar-refractivity contribution in [3.63, 3.8) is 0 Å². The highest BCUT2D eigenvalue weighted by molar-refractivity contribution is 4.80. The molecule has 2 N–H and O–H groups in total. The van der Waals surface area contributed by atoms with Gasteiger partial charge in [-0.25, -0.2) is 0 Å². The average Bonchev–Trinajstić information content (AvgIpc) is 2.16. The van der Waals surface area contributed by atoms with Crippen molar-refractivity contribution >= 4 is 0 Å². The summed E-state index contributed by atoms with van der Waals surface area (Å²) in [6, 6.07) is 0.632. The Hall–Kier alpha value is -0.0800. The van der Waals surface area contributed by atoms with Gasteiger partial charge in [0.05, 0.1) is 0 Å². The highest BCUT2D eigenvalue weighted by Crippen LogP contribution is 2.24. The molecular formula is C13H30N2. The van der Waals surface area contributed by atoms with Crippen LogP contribution >= 0.6 is 0 Å². The van der Waals surface area contributed by atoms with Gasteiger partial charge < -0.3 is 10.6 Å². The first-order chi connectivity index (χ1) is 6.86. The molecule has 2 nitrogen and oxygen atoms in total. The molecule has 0 aromatic carbocycles. The molecule has 0 rings (SSSR count). The van der Waals surface area contributed by atoms with Gasteiger partial charge in [0.15, 0.2) is 0 Å². The highest BCUT2D eigenvalue weighted by atomic mass is 15.1. The van der Waals surface area contributed by atoms with Crippen molar-refractivity contribution in [3.05, 3.63) is 0 Å². The average molecular weight is 214 g/mol. The second-order valence-electron chi connectivity index (χ2n) is 5.66. The van der Waals surface area contributed by atoms with E-state index in [0.29, 0.717) is 12.0 Å². The number of nitrogens with zero attached hydrogens (tertiary/aromatic N) is 1. The minimum absolute atomic E-state index is 0.284. The Kier molecular flexibility index (Phi) is 6.46. The van der Waals surface area contributed by atoms with Crippen molar-refractivity contribution in [3.8, 4) is 0 Å². The van der Waals surface area contributed by atoms with Crippen LogP contribution in [-0.4, -0.2) is 31.1 Å². The summed E-state index contributed by atoms with van der Waals surface area (Å²) in [6.45, 7) is 13.3. The van der Waals surface area contributed by atoms with Gasteiger partial charge in [-0.3, -0.25) is 0 Å². The number of hydrogen-bond donors (Lipinski definition) is 1. The van der Waals surface area contributed by atoms with Crippen LogP contribution in [0.4, 0.5) is 0 Å². The van der Waals surface area contributed by atoms with Crippen molar-refractivity contribution in [1.82, 2.24) is 4.90 Å². The first-order valence-corrected chi connectivity index (χ1v) is 6.26. The van der Waals surface area contributed by atoms with Crippen molar-refractivity contribution in [2.24, 2.45) is 17.1 Å². The van der Waals surface area contributed by atoms with Crippen LogP contribution in [0.2, 0.25) is 0 Å². The van der Waals surface area contributed by atoms with E-state index in [-0.39, 0.29) is 5.41 Å². The zero-order chi connectivity index (χ0) is 12.1. The summed E-state index contributed by atoms with van der Waals surface area (Å²) < 4.78 is 0. The summed E-state index contributed by atoms with van der Waals surface area (Å²) in [5.41, 5.74) is 6.18. The van der Waals surface area contributed by atoms with Crippen molar-refractivity contribution < 1.29 is 0 Å². The predicted octanol–water partition coefficient (Wildman–Crippen LogP) is 2.73. The SMILES string of the molecule is CCCC(C)(CN)CN(C)C(C)C(C)C. The van der Waals surface area contributed by atoms with Gasteiger partial charge in [0, 0.05) is 12.6 Å². The van der Waals surface area contributed by atoms with Crippen molar-refractivity contribution in [2.75, 3.05) is 20.1 Å². The van der Waals surface area contributed by atoms with Crippen LogP contribution in [-0.2, 0) is 0 Å². The predicted molar refractivity (Wildman–Crippen MR) is 69.0 cm³/mol. The monoisotopic (exact) mass is 214 g/mol. The first-order valence-electron chi connectivity index (χ1n) is 6.26. The van der Waals surface area contributed by atoms with Gasteiger partial charge >= 0.3 is 0 Å². The molecule has 15 heavy (non-hydrogen) atoms. The van der Waals surface area contributed by atoms with Gasteiger partial charge in [0.2, 0.25) is 0 Å². The van der Waals surface area contributed by atoms with Crippen LogP contribution in [0.15, 0.2) is 0 Å². The van der Waals surface area contributed by atoms with Crippen molar-refractivity contribution in [2.45, 2.75) is 53.5 Å². The van der Waals surface area contributed by atoms with Crippen LogP contribution in [0.3, 0.4) is 0 Å². The quantitative estimate of drug-likeness (QED) is 0.706. The molecule has 0 radical (unpaired) electrons. The Balaban J connectivity index is 4.28. The Labute approximate surface area is 96.2 Å². The van der Waals surface area contributed by atoms with Gasteiger partial charge in [-0.1, -0.05) is 34.1 Å². The first kappa shape index (κ1) is 14.9. The summed E-state index contributed by atoms with van der Waals surface area (Å²) in [4.78, 5) is 2.45. The maximum absolute atomic E-state index is 5.89. The largest absolute Gasteiger partial charge is 0.330 e. The van der Waals surface area contributed by atoms with E-state index in [1.54, 1.807) is 0 Å². The molecule has 0 aromatic heterocycles. The summed E-state index contributed by atoms with van der Waals surface area (Å²) >= 11 is 0. The molecule has 2 heteroatoms. The molecule has 2 unspecified atom stereocenters. The van der Waals surface area contributed by atoms with E-state index in [4.69, 9.17) is 5.73 Å². The lowest BCUT2D eigenvalue weighted by molar-refractivity contribution is 0.127. The van der Waals surface area contributed by atoms with E-state index in [1.807, 2.05) is 0 Å².